The third-order valence-corrected chi connectivity index (χ3v) is 6.10. The van der Waals surface area contributed by atoms with Crippen LogP contribution in [0.4, 0.5) is 0 Å². The van der Waals surface area contributed by atoms with Crippen molar-refractivity contribution in [1.29, 1.82) is 5.26 Å². The molecule has 0 unspecified atom stereocenters. The van der Waals surface area contributed by atoms with Gasteiger partial charge in [-0.1, -0.05) is 27.7 Å². The van der Waals surface area contributed by atoms with Crippen molar-refractivity contribution in [3.05, 3.63) is 29.8 Å². The molecule has 3 N–H and O–H groups in total. The molecule has 0 aliphatic heterocycles. The fourth-order valence-corrected chi connectivity index (χ4v) is 4.96. The molecule has 2 rings (SSSR count). The standard InChI is InChI=1S/C15H21N3O2S/c1-14(2)12(17)15(3,4)13(14)18-21(19,20)11-7-5-10(9-16)6-8-11/h5-8,12-13,18H,17H2,1-4H3. The van der Waals surface area contributed by atoms with Gasteiger partial charge in [-0.2, -0.15) is 5.26 Å². The number of rotatable bonds is 3. The molecule has 0 heterocycles. The highest BCUT2D eigenvalue weighted by molar-refractivity contribution is 7.89. The molecule has 114 valence electrons. The van der Waals surface area contributed by atoms with E-state index in [2.05, 4.69) is 4.72 Å². The molecule has 1 aromatic rings. The van der Waals surface area contributed by atoms with Gasteiger partial charge in [-0.3, -0.25) is 0 Å². The van der Waals surface area contributed by atoms with E-state index in [-0.39, 0.29) is 27.8 Å². The van der Waals surface area contributed by atoms with E-state index >= 15 is 0 Å². The number of hydrogen-bond donors (Lipinski definition) is 2. The Morgan fingerprint density at radius 2 is 1.62 bits per heavy atom. The van der Waals surface area contributed by atoms with Crippen molar-refractivity contribution in [3.8, 4) is 6.07 Å². The molecule has 6 heteroatoms. The SMILES string of the molecule is CC1(C)C(N)C(C)(C)C1NS(=O)(=O)c1ccc(C#N)cc1. The molecule has 5 nitrogen and oxygen atoms in total. The summed E-state index contributed by atoms with van der Waals surface area (Å²) < 4.78 is 27.7. The quantitative estimate of drug-likeness (QED) is 0.886. The number of hydrogen-bond acceptors (Lipinski definition) is 4. The van der Waals surface area contributed by atoms with Gasteiger partial charge in [-0.25, -0.2) is 13.1 Å². The van der Waals surface area contributed by atoms with E-state index in [1.807, 2.05) is 33.8 Å². The largest absolute Gasteiger partial charge is 0.327 e. The summed E-state index contributed by atoms with van der Waals surface area (Å²) in [5.41, 5.74) is 5.97. The first-order valence-electron chi connectivity index (χ1n) is 6.81. The number of nitrogens with zero attached hydrogens (tertiary/aromatic N) is 1. The summed E-state index contributed by atoms with van der Waals surface area (Å²) in [6.45, 7) is 7.87. The Morgan fingerprint density at radius 1 is 1.14 bits per heavy atom. The lowest BCUT2D eigenvalue weighted by atomic mass is 9.49. The van der Waals surface area contributed by atoms with E-state index in [4.69, 9.17) is 11.0 Å². The minimum atomic E-state index is -3.63. The Hall–Kier alpha value is -1.42. The van der Waals surface area contributed by atoms with Crippen LogP contribution in [-0.4, -0.2) is 20.5 Å². The minimum Gasteiger partial charge on any atom is -0.327 e. The zero-order valence-corrected chi connectivity index (χ0v) is 13.5. The minimum absolute atomic E-state index is 0.0707. The maximum Gasteiger partial charge on any atom is 0.240 e. The van der Waals surface area contributed by atoms with Gasteiger partial charge in [0, 0.05) is 12.1 Å². The second-order valence-electron chi connectivity index (χ2n) is 6.81. The summed E-state index contributed by atoms with van der Waals surface area (Å²) in [6.07, 6.45) is 0. The Morgan fingerprint density at radius 3 is 2.05 bits per heavy atom. The normalized spacial score (nSPS) is 26.7. The van der Waals surface area contributed by atoms with Gasteiger partial charge in [0.25, 0.3) is 0 Å². The van der Waals surface area contributed by atoms with Gasteiger partial charge in [0.2, 0.25) is 10.0 Å². The van der Waals surface area contributed by atoms with Gasteiger partial charge in [0.15, 0.2) is 0 Å². The number of benzene rings is 1. The van der Waals surface area contributed by atoms with Crippen molar-refractivity contribution >= 4 is 10.0 Å². The highest BCUT2D eigenvalue weighted by Gasteiger charge is 2.61. The van der Waals surface area contributed by atoms with Gasteiger partial charge >= 0.3 is 0 Å². The van der Waals surface area contributed by atoms with Crippen LogP contribution in [0.5, 0.6) is 0 Å². The average Bonchev–Trinajstić information content (AvgIpc) is 2.44. The van der Waals surface area contributed by atoms with Crippen LogP contribution in [0.1, 0.15) is 33.3 Å². The number of nitrogens with one attached hydrogen (secondary N) is 1. The lowest BCUT2D eigenvalue weighted by Gasteiger charge is -2.62. The van der Waals surface area contributed by atoms with Crippen molar-refractivity contribution in [2.45, 2.75) is 44.7 Å². The van der Waals surface area contributed by atoms with Crippen LogP contribution < -0.4 is 10.5 Å². The van der Waals surface area contributed by atoms with E-state index in [0.29, 0.717) is 5.56 Å². The zero-order chi connectivity index (χ0) is 16.1. The monoisotopic (exact) mass is 307 g/mol. The highest BCUT2D eigenvalue weighted by Crippen LogP contribution is 2.52. The van der Waals surface area contributed by atoms with Gasteiger partial charge in [-0.15, -0.1) is 0 Å². The Bertz CT molecular complexity index is 669. The van der Waals surface area contributed by atoms with Gasteiger partial charge in [0.05, 0.1) is 16.5 Å². The van der Waals surface area contributed by atoms with E-state index in [1.54, 1.807) is 0 Å². The van der Waals surface area contributed by atoms with Crippen LogP contribution in [0, 0.1) is 22.2 Å². The summed E-state index contributed by atoms with van der Waals surface area (Å²) in [6, 6.07) is 7.55. The van der Waals surface area contributed by atoms with E-state index in [0.717, 1.165) is 0 Å². The lowest BCUT2D eigenvalue weighted by Crippen LogP contribution is -2.75. The number of nitrogens with two attached hydrogens (primary N) is 1. The summed E-state index contributed by atoms with van der Waals surface area (Å²) in [4.78, 5) is 0.161. The molecule has 0 atom stereocenters. The van der Waals surface area contributed by atoms with Crippen LogP contribution in [0.25, 0.3) is 0 Å². The second kappa shape index (κ2) is 4.80. The smallest absolute Gasteiger partial charge is 0.240 e. The average molecular weight is 307 g/mol. The zero-order valence-electron chi connectivity index (χ0n) is 12.7. The number of sulfonamides is 1. The third-order valence-electron chi connectivity index (χ3n) is 4.66. The Balaban J connectivity index is 2.28. The topological polar surface area (TPSA) is 96.0 Å². The maximum atomic E-state index is 12.5. The van der Waals surface area contributed by atoms with Gasteiger partial charge in [-0.05, 0) is 35.1 Å². The van der Waals surface area contributed by atoms with E-state index < -0.39 is 10.0 Å². The molecule has 0 radical (unpaired) electrons. The molecular formula is C15H21N3O2S. The molecule has 1 aromatic carbocycles. The van der Waals surface area contributed by atoms with E-state index in [9.17, 15) is 8.42 Å². The molecule has 1 aliphatic carbocycles. The van der Waals surface area contributed by atoms with Gasteiger partial charge in [0.1, 0.15) is 0 Å². The molecule has 1 aliphatic rings. The molecule has 0 bridgehead atoms. The predicted molar refractivity (Wildman–Crippen MR) is 80.8 cm³/mol. The lowest BCUT2D eigenvalue weighted by molar-refractivity contribution is -0.0593. The summed E-state index contributed by atoms with van der Waals surface area (Å²) in [7, 11) is -3.63. The van der Waals surface area contributed by atoms with Crippen LogP contribution in [0.2, 0.25) is 0 Å². The fourth-order valence-electron chi connectivity index (χ4n) is 3.42. The molecule has 1 fully saturated rings. The summed E-state index contributed by atoms with van der Waals surface area (Å²) in [5, 5.41) is 8.76. The second-order valence-corrected chi connectivity index (χ2v) is 8.52. The first kappa shape index (κ1) is 16.0. The van der Waals surface area contributed by atoms with Crippen LogP contribution in [0.15, 0.2) is 29.2 Å². The molecular weight excluding hydrogens is 286 g/mol. The Kier molecular flexibility index (Phi) is 3.65. The first-order chi connectivity index (χ1) is 9.53. The summed E-state index contributed by atoms with van der Waals surface area (Å²) in [5.74, 6) is 0. The molecule has 1 saturated carbocycles. The van der Waals surface area contributed by atoms with Crippen molar-refractivity contribution in [3.63, 3.8) is 0 Å². The van der Waals surface area contributed by atoms with Crippen molar-refractivity contribution in [2.24, 2.45) is 16.6 Å². The van der Waals surface area contributed by atoms with Crippen molar-refractivity contribution < 1.29 is 8.42 Å². The van der Waals surface area contributed by atoms with Crippen molar-refractivity contribution in [2.75, 3.05) is 0 Å². The third kappa shape index (κ3) is 2.46. The highest BCUT2D eigenvalue weighted by atomic mass is 32.2. The van der Waals surface area contributed by atoms with Crippen molar-refractivity contribution in [1.82, 2.24) is 4.72 Å². The molecule has 0 aromatic heterocycles. The van der Waals surface area contributed by atoms with Crippen LogP contribution >= 0.6 is 0 Å². The van der Waals surface area contributed by atoms with E-state index in [1.165, 1.54) is 24.3 Å². The van der Waals surface area contributed by atoms with Crippen LogP contribution in [-0.2, 0) is 10.0 Å². The Labute approximate surface area is 126 Å². The molecule has 0 amide bonds. The van der Waals surface area contributed by atoms with Gasteiger partial charge < -0.3 is 5.73 Å². The molecule has 0 saturated heterocycles. The molecule has 0 spiro atoms. The number of nitriles is 1. The molecule has 21 heavy (non-hydrogen) atoms. The first-order valence-corrected chi connectivity index (χ1v) is 8.30. The fraction of sp³-hybridized carbons (Fsp3) is 0.533. The predicted octanol–water partition coefficient (Wildman–Crippen LogP) is 1.60. The maximum absolute atomic E-state index is 12.5. The van der Waals surface area contributed by atoms with Crippen LogP contribution in [0.3, 0.4) is 0 Å². The summed E-state index contributed by atoms with van der Waals surface area (Å²) >= 11 is 0.